The summed E-state index contributed by atoms with van der Waals surface area (Å²) in [6, 6.07) is 0. The van der Waals surface area contributed by atoms with Gasteiger partial charge in [-0.05, 0) is 110 Å². The van der Waals surface area contributed by atoms with E-state index >= 15 is 0 Å². The summed E-state index contributed by atoms with van der Waals surface area (Å²) in [5, 5.41) is 0. The van der Waals surface area contributed by atoms with E-state index in [-0.39, 0.29) is 34.6 Å². The van der Waals surface area contributed by atoms with Gasteiger partial charge in [-0.3, -0.25) is 9.59 Å². The zero-order chi connectivity index (χ0) is 24.3. The highest BCUT2D eigenvalue weighted by Crippen LogP contribution is 2.86. The first-order valence-electron chi connectivity index (χ1n) is 14.0. The Hall–Kier alpha value is -1.32. The lowest BCUT2D eigenvalue weighted by Gasteiger charge is -2.71. The van der Waals surface area contributed by atoms with Gasteiger partial charge in [-0.2, -0.15) is 0 Å². The number of allylic oxidation sites excluding steroid dienone is 2. The van der Waals surface area contributed by atoms with E-state index in [0.29, 0.717) is 29.6 Å². The van der Waals surface area contributed by atoms with Crippen LogP contribution in [0, 0.1) is 69.0 Å². The molecule has 0 saturated heterocycles. The van der Waals surface area contributed by atoms with Crippen molar-refractivity contribution in [2.24, 2.45) is 69.0 Å². The Morgan fingerprint density at radius 2 is 1.74 bits per heavy atom. The van der Waals surface area contributed by atoms with Crippen molar-refractivity contribution in [3.05, 3.63) is 12.2 Å². The van der Waals surface area contributed by atoms with E-state index in [9.17, 15) is 9.59 Å². The maximum Gasteiger partial charge on any atom is 0.313 e. The van der Waals surface area contributed by atoms with Crippen LogP contribution in [0.3, 0.4) is 0 Å². The Kier molecular flexibility index (Phi) is 4.84. The maximum atomic E-state index is 14.4. The molecule has 0 radical (unpaired) electrons. The molecule has 4 nitrogen and oxygen atoms in total. The normalized spacial score (nSPS) is 54.4. The monoisotopic (exact) mass is 468 g/mol. The van der Waals surface area contributed by atoms with Gasteiger partial charge in [-0.15, -0.1) is 0 Å². The summed E-state index contributed by atoms with van der Waals surface area (Å²) in [6.07, 6.45) is 13.8. The van der Waals surface area contributed by atoms with Crippen LogP contribution in [-0.2, 0) is 19.1 Å². The van der Waals surface area contributed by atoms with E-state index in [2.05, 4.69) is 39.8 Å². The molecule has 6 aliphatic carbocycles. The Labute approximate surface area is 205 Å². The van der Waals surface area contributed by atoms with Crippen molar-refractivity contribution >= 4 is 11.9 Å². The summed E-state index contributed by atoms with van der Waals surface area (Å²) >= 11 is 0. The predicted molar refractivity (Wildman–Crippen MR) is 130 cm³/mol. The Bertz CT molecular complexity index is 938. The molecule has 0 aromatic carbocycles. The minimum absolute atomic E-state index is 0.0393. The number of ether oxygens (including phenoxy) is 2. The van der Waals surface area contributed by atoms with Crippen molar-refractivity contribution < 1.29 is 19.1 Å². The number of esters is 2. The second-order valence-electron chi connectivity index (χ2n) is 13.6. The smallest absolute Gasteiger partial charge is 0.313 e. The van der Waals surface area contributed by atoms with Gasteiger partial charge < -0.3 is 9.47 Å². The number of hydrogen-bond donors (Lipinski definition) is 0. The van der Waals surface area contributed by atoms with Crippen LogP contribution in [0.25, 0.3) is 0 Å². The van der Waals surface area contributed by atoms with Crippen LogP contribution >= 0.6 is 0 Å². The molecule has 0 N–H and O–H groups in total. The summed E-state index contributed by atoms with van der Waals surface area (Å²) in [6.45, 7) is 9.26. The van der Waals surface area contributed by atoms with E-state index < -0.39 is 10.8 Å². The number of rotatable bonds is 3. The highest BCUT2D eigenvalue weighted by Gasteiger charge is 2.85. The first-order valence-corrected chi connectivity index (χ1v) is 14.0. The quantitative estimate of drug-likeness (QED) is 0.374. The van der Waals surface area contributed by atoms with Gasteiger partial charge in [0.2, 0.25) is 0 Å². The lowest BCUT2D eigenvalue weighted by Crippen LogP contribution is -2.72. The van der Waals surface area contributed by atoms with Crippen molar-refractivity contribution in [3.63, 3.8) is 0 Å². The number of methoxy groups -OCH3 is 2. The fourth-order valence-corrected chi connectivity index (χ4v) is 11.9. The summed E-state index contributed by atoms with van der Waals surface area (Å²) in [5.74, 6) is 3.82. The van der Waals surface area contributed by atoms with Gasteiger partial charge in [0.05, 0.1) is 25.0 Å². The lowest BCUT2D eigenvalue weighted by molar-refractivity contribution is -0.249. The van der Waals surface area contributed by atoms with Crippen LogP contribution in [0.5, 0.6) is 0 Å². The molecule has 0 aromatic rings. The molecule has 0 bridgehead atoms. The molecule has 6 rings (SSSR count). The third-order valence-corrected chi connectivity index (χ3v) is 12.7. The molecule has 5 saturated carbocycles. The Balaban J connectivity index is 1.59. The van der Waals surface area contributed by atoms with Gasteiger partial charge in [0, 0.05) is 0 Å². The zero-order valence-electron chi connectivity index (χ0n) is 22.1. The lowest BCUT2D eigenvalue weighted by atomic mass is 9.31. The van der Waals surface area contributed by atoms with Crippen LogP contribution in [0.4, 0.5) is 0 Å². The van der Waals surface area contributed by atoms with Crippen LogP contribution in [0.1, 0.15) is 79.1 Å². The van der Waals surface area contributed by atoms with Crippen LogP contribution in [-0.4, -0.2) is 26.2 Å². The van der Waals surface area contributed by atoms with Gasteiger partial charge in [-0.1, -0.05) is 39.3 Å². The molecule has 0 aliphatic heterocycles. The van der Waals surface area contributed by atoms with Gasteiger partial charge in [0.25, 0.3) is 0 Å². The van der Waals surface area contributed by atoms with Crippen molar-refractivity contribution in [1.82, 2.24) is 0 Å². The van der Waals surface area contributed by atoms with Crippen LogP contribution in [0.15, 0.2) is 12.2 Å². The molecular formula is C30H44O4. The van der Waals surface area contributed by atoms with Crippen LogP contribution < -0.4 is 0 Å². The molecule has 0 aromatic heterocycles. The third kappa shape index (κ3) is 2.29. The molecule has 6 aliphatic rings. The van der Waals surface area contributed by atoms with E-state index in [1.165, 1.54) is 26.4 Å². The molecule has 188 valence electrons. The number of hydrogen-bond acceptors (Lipinski definition) is 4. The molecule has 2 spiro atoms. The van der Waals surface area contributed by atoms with Crippen molar-refractivity contribution in [1.29, 1.82) is 0 Å². The topological polar surface area (TPSA) is 52.6 Å². The summed E-state index contributed by atoms with van der Waals surface area (Å²) in [4.78, 5) is 28.2. The Morgan fingerprint density at radius 3 is 2.35 bits per heavy atom. The molecular weight excluding hydrogens is 424 g/mol. The van der Waals surface area contributed by atoms with E-state index in [0.717, 1.165) is 38.0 Å². The van der Waals surface area contributed by atoms with Gasteiger partial charge in [0.15, 0.2) is 0 Å². The van der Waals surface area contributed by atoms with E-state index in [1.807, 2.05) is 0 Å². The highest BCUT2D eigenvalue weighted by molar-refractivity contribution is 5.90. The standard InChI is InChI=1S/C30H44O4/c1-17(2)20-10-11-21-23(20)29(21)15-14-27(4,25(31)33-5)30(26(32)34-6)22-9-7-8-19-12-13-28(19,22)16-18(3)24(29)30/h12-13,17-24H,7-11,14-16H2,1-6H3. The first-order chi connectivity index (χ1) is 16.2. The summed E-state index contributed by atoms with van der Waals surface area (Å²) in [5.41, 5.74) is -1.42. The fourth-order valence-electron chi connectivity index (χ4n) is 11.9. The summed E-state index contributed by atoms with van der Waals surface area (Å²) < 4.78 is 11.3. The second kappa shape index (κ2) is 7.13. The number of fused-ring (bicyclic) bond motifs is 6. The van der Waals surface area contributed by atoms with Gasteiger partial charge in [0.1, 0.15) is 0 Å². The average molecular weight is 469 g/mol. The first kappa shape index (κ1) is 23.1. The minimum atomic E-state index is -0.841. The Morgan fingerprint density at radius 1 is 1.00 bits per heavy atom. The van der Waals surface area contributed by atoms with Crippen molar-refractivity contribution in [2.75, 3.05) is 14.2 Å². The molecule has 11 unspecified atom stereocenters. The second-order valence-corrected chi connectivity index (χ2v) is 13.6. The predicted octanol–water partition coefficient (Wildman–Crippen LogP) is 6.05. The van der Waals surface area contributed by atoms with Gasteiger partial charge >= 0.3 is 11.9 Å². The van der Waals surface area contributed by atoms with Crippen LogP contribution in [0.2, 0.25) is 0 Å². The van der Waals surface area contributed by atoms with Crippen molar-refractivity contribution in [3.8, 4) is 0 Å². The maximum absolute atomic E-state index is 14.4. The number of carbonyl (C=O) groups excluding carboxylic acids is 2. The molecule has 0 heterocycles. The van der Waals surface area contributed by atoms with Crippen molar-refractivity contribution in [2.45, 2.75) is 79.1 Å². The fraction of sp³-hybridized carbons (Fsp3) is 0.867. The minimum Gasteiger partial charge on any atom is -0.469 e. The van der Waals surface area contributed by atoms with E-state index in [4.69, 9.17) is 9.47 Å². The average Bonchev–Trinajstić information content (AvgIpc) is 3.17. The molecule has 11 atom stereocenters. The van der Waals surface area contributed by atoms with Gasteiger partial charge in [-0.25, -0.2) is 0 Å². The molecule has 4 heteroatoms. The van der Waals surface area contributed by atoms with E-state index in [1.54, 1.807) is 7.11 Å². The molecule has 5 fully saturated rings. The SMILES string of the molecule is COC(=O)C1(C)CCC2(C3CCC(C(C)C)C32)C2C(C)CC34C=CC3CCCC4C21C(=O)OC. The largest absolute Gasteiger partial charge is 0.469 e. The zero-order valence-corrected chi connectivity index (χ0v) is 22.1. The third-order valence-electron chi connectivity index (χ3n) is 12.7. The highest BCUT2D eigenvalue weighted by atomic mass is 16.5. The summed E-state index contributed by atoms with van der Waals surface area (Å²) in [7, 11) is 3.06. The molecule has 34 heavy (non-hydrogen) atoms. The number of carbonyl (C=O) groups is 2. The molecule has 0 amide bonds.